The van der Waals surface area contributed by atoms with Crippen LogP contribution in [0.15, 0.2) is 30.1 Å². The number of rotatable bonds is 5. The van der Waals surface area contributed by atoms with Gasteiger partial charge < -0.3 is 9.64 Å². The van der Waals surface area contributed by atoms with Crippen molar-refractivity contribution in [2.24, 2.45) is 0 Å². The van der Waals surface area contributed by atoms with E-state index in [1.807, 2.05) is 19.1 Å². The fourth-order valence-corrected chi connectivity index (χ4v) is 1.81. The van der Waals surface area contributed by atoms with E-state index in [2.05, 4.69) is 4.98 Å². The van der Waals surface area contributed by atoms with E-state index in [1.165, 1.54) is 11.0 Å². The molecular formula is C13H14F2N2O2. The summed E-state index contributed by atoms with van der Waals surface area (Å²) in [7, 11) is 0. The first kappa shape index (κ1) is 13.5. The summed E-state index contributed by atoms with van der Waals surface area (Å²) in [5.74, 6) is -0.490. The van der Waals surface area contributed by atoms with E-state index < -0.39 is 18.9 Å². The van der Waals surface area contributed by atoms with Crippen LogP contribution in [0.25, 0.3) is 0 Å². The molecule has 0 bridgehead atoms. The Hall–Kier alpha value is -1.98. The van der Waals surface area contributed by atoms with Crippen LogP contribution in [-0.4, -0.2) is 35.4 Å². The van der Waals surface area contributed by atoms with Crippen molar-refractivity contribution in [3.63, 3.8) is 0 Å². The van der Waals surface area contributed by atoms with Crippen LogP contribution in [0, 0.1) is 6.92 Å². The molecule has 0 amide bonds. The van der Waals surface area contributed by atoms with Gasteiger partial charge in [-0.3, -0.25) is 4.98 Å². The van der Waals surface area contributed by atoms with Crippen molar-refractivity contribution in [2.45, 2.75) is 19.9 Å². The predicted octanol–water partition coefficient (Wildman–Crippen LogP) is 1.90. The first-order valence-corrected chi connectivity index (χ1v) is 5.86. The van der Waals surface area contributed by atoms with Crippen LogP contribution in [0.5, 0.6) is 0 Å². The second-order valence-electron chi connectivity index (χ2n) is 4.32. The SMILES string of the molecule is Cc1ccc(CN(CC(F)F)C2=CC(=O)OC2)cn1. The minimum atomic E-state index is -2.48. The third-order valence-electron chi connectivity index (χ3n) is 2.76. The molecule has 2 heterocycles. The van der Waals surface area contributed by atoms with Crippen LogP contribution in [0.3, 0.4) is 0 Å². The van der Waals surface area contributed by atoms with Crippen molar-refractivity contribution in [3.8, 4) is 0 Å². The quantitative estimate of drug-likeness (QED) is 0.765. The molecule has 0 aromatic carbocycles. The van der Waals surface area contributed by atoms with E-state index >= 15 is 0 Å². The number of alkyl halides is 2. The van der Waals surface area contributed by atoms with E-state index in [0.29, 0.717) is 5.70 Å². The largest absolute Gasteiger partial charge is 0.456 e. The van der Waals surface area contributed by atoms with E-state index in [4.69, 9.17) is 4.74 Å². The number of aryl methyl sites for hydroxylation is 1. The zero-order valence-electron chi connectivity index (χ0n) is 10.5. The molecule has 1 aromatic heterocycles. The lowest BCUT2D eigenvalue weighted by Gasteiger charge is -2.24. The van der Waals surface area contributed by atoms with Crippen LogP contribution in [0.4, 0.5) is 8.78 Å². The number of halogens is 2. The third kappa shape index (κ3) is 3.74. The van der Waals surface area contributed by atoms with Crippen molar-refractivity contribution in [1.82, 2.24) is 9.88 Å². The molecule has 0 saturated heterocycles. The fourth-order valence-electron chi connectivity index (χ4n) is 1.81. The second-order valence-corrected chi connectivity index (χ2v) is 4.32. The number of hydrogen-bond donors (Lipinski definition) is 0. The van der Waals surface area contributed by atoms with Crippen molar-refractivity contribution in [1.29, 1.82) is 0 Å². The lowest BCUT2D eigenvalue weighted by Crippen LogP contribution is -2.28. The molecule has 1 aliphatic rings. The predicted molar refractivity (Wildman–Crippen MR) is 64.4 cm³/mol. The third-order valence-corrected chi connectivity index (χ3v) is 2.76. The highest BCUT2D eigenvalue weighted by molar-refractivity contribution is 5.85. The Kier molecular flexibility index (Phi) is 4.09. The Bertz CT molecular complexity index is 486. The first-order chi connectivity index (χ1) is 9.04. The van der Waals surface area contributed by atoms with Gasteiger partial charge in [0.15, 0.2) is 0 Å². The number of hydrogen-bond acceptors (Lipinski definition) is 4. The molecule has 0 atom stereocenters. The molecule has 0 N–H and O–H groups in total. The summed E-state index contributed by atoms with van der Waals surface area (Å²) in [5, 5.41) is 0. The number of cyclic esters (lactones) is 1. The maximum atomic E-state index is 12.6. The molecular weight excluding hydrogens is 254 g/mol. The monoisotopic (exact) mass is 268 g/mol. The summed E-state index contributed by atoms with van der Waals surface area (Å²) in [6, 6.07) is 3.65. The summed E-state index contributed by atoms with van der Waals surface area (Å²) in [5.41, 5.74) is 2.15. The Morgan fingerprint density at radius 2 is 2.26 bits per heavy atom. The summed E-state index contributed by atoms with van der Waals surface area (Å²) in [6.45, 7) is 1.74. The van der Waals surface area contributed by atoms with E-state index in [1.54, 1.807) is 6.20 Å². The fraction of sp³-hybridized carbons (Fsp3) is 0.385. The van der Waals surface area contributed by atoms with Crippen LogP contribution < -0.4 is 0 Å². The van der Waals surface area contributed by atoms with Gasteiger partial charge in [-0.25, -0.2) is 13.6 Å². The van der Waals surface area contributed by atoms with Gasteiger partial charge in [0.2, 0.25) is 0 Å². The second kappa shape index (κ2) is 5.77. The molecule has 0 saturated carbocycles. The Balaban J connectivity index is 2.11. The number of carbonyl (C=O) groups is 1. The zero-order chi connectivity index (χ0) is 13.8. The molecule has 0 radical (unpaired) electrons. The minimum absolute atomic E-state index is 0.0465. The molecule has 4 nitrogen and oxygen atoms in total. The molecule has 0 aliphatic carbocycles. The number of aromatic nitrogens is 1. The van der Waals surface area contributed by atoms with Crippen LogP contribution in [0.1, 0.15) is 11.3 Å². The van der Waals surface area contributed by atoms with Crippen LogP contribution >= 0.6 is 0 Å². The smallest absolute Gasteiger partial charge is 0.333 e. The minimum Gasteiger partial charge on any atom is -0.456 e. The summed E-state index contributed by atoms with van der Waals surface area (Å²) in [4.78, 5) is 16.6. The Morgan fingerprint density at radius 3 is 2.79 bits per heavy atom. The normalized spacial score (nSPS) is 14.5. The van der Waals surface area contributed by atoms with Gasteiger partial charge in [0.05, 0.1) is 12.2 Å². The molecule has 19 heavy (non-hydrogen) atoms. The standard InChI is InChI=1S/C13H14F2N2O2/c1-9-2-3-10(5-16-9)6-17(7-12(14)15)11-4-13(18)19-8-11/h2-5,12H,6-8H2,1H3. The van der Waals surface area contributed by atoms with Crippen molar-refractivity contribution in [3.05, 3.63) is 41.4 Å². The molecule has 1 aliphatic heterocycles. The Morgan fingerprint density at radius 1 is 1.47 bits per heavy atom. The van der Waals surface area contributed by atoms with Crippen molar-refractivity contribution < 1.29 is 18.3 Å². The molecule has 0 unspecified atom stereocenters. The van der Waals surface area contributed by atoms with Crippen LogP contribution in [0.2, 0.25) is 0 Å². The summed E-state index contributed by atoms with van der Waals surface area (Å²) < 4.78 is 29.9. The molecule has 6 heteroatoms. The van der Waals surface area contributed by atoms with Gasteiger partial charge in [0.1, 0.15) is 6.61 Å². The maximum Gasteiger partial charge on any atom is 0.333 e. The van der Waals surface area contributed by atoms with Gasteiger partial charge in [-0.2, -0.15) is 0 Å². The van der Waals surface area contributed by atoms with Gasteiger partial charge in [-0.15, -0.1) is 0 Å². The number of nitrogens with zero attached hydrogens (tertiary/aromatic N) is 2. The first-order valence-electron chi connectivity index (χ1n) is 5.86. The number of esters is 1. The Labute approximate surface area is 109 Å². The van der Waals surface area contributed by atoms with E-state index in [0.717, 1.165) is 11.3 Å². The molecule has 2 rings (SSSR count). The van der Waals surface area contributed by atoms with Gasteiger partial charge in [0.25, 0.3) is 6.43 Å². The highest BCUT2D eigenvalue weighted by Gasteiger charge is 2.22. The topological polar surface area (TPSA) is 42.4 Å². The average molecular weight is 268 g/mol. The number of ether oxygens (including phenoxy) is 1. The summed E-state index contributed by atoms with van der Waals surface area (Å²) in [6.07, 6.45) is 0.422. The lowest BCUT2D eigenvalue weighted by molar-refractivity contribution is -0.135. The average Bonchev–Trinajstić information content (AvgIpc) is 2.77. The highest BCUT2D eigenvalue weighted by Crippen LogP contribution is 2.17. The molecule has 1 aromatic rings. The number of pyridine rings is 1. The van der Waals surface area contributed by atoms with Crippen molar-refractivity contribution in [2.75, 3.05) is 13.2 Å². The maximum absolute atomic E-state index is 12.6. The summed E-state index contributed by atoms with van der Waals surface area (Å²) >= 11 is 0. The van der Waals surface area contributed by atoms with Gasteiger partial charge in [0, 0.05) is 24.5 Å². The molecule has 102 valence electrons. The van der Waals surface area contributed by atoms with Crippen LogP contribution in [-0.2, 0) is 16.1 Å². The van der Waals surface area contributed by atoms with Crippen molar-refractivity contribution >= 4 is 5.97 Å². The molecule has 0 spiro atoms. The van der Waals surface area contributed by atoms with E-state index in [-0.39, 0.29) is 13.2 Å². The van der Waals surface area contributed by atoms with Gasteiger partial charge in [-0.1, -0.05) is 6.07 Å². The van der Waals surface area contributed by atoms with Gasteiger partial charge >= 0.3 is 5.97 Å². The highest BCUT2D eigenvalue weighted by atomic mass is 19.3. The molecule has 0 fully saturated rings. The number of carbonyl (C=O) groups excluding carboxylic acids is 1. The van der Waals surface area contributed by atoms with E-state index in [9.17, 15) is 13.6 Å². The lowest BCUT2D eigenvalue weighted by atomic mass is 10.2. The van der Waals surface area contributed by atoms with Gasteiger partial charge in [-0.05, 0) is 18.6 Å². The zero-order valence-corrected chi connectivity index (χ0v) is 10.5.